The number of allylic oxidation sites excluding steroid dienone is 4. The predicted molar refractivity (Wildman–Crippen MR) is 91.3 cm³/mol. The first kappa shape index (κ1) is 14.6. The molecule has 0 amide bonds. The summed E-state index contributed by atoms with van der Waals surface area (Å²) < 4.78 is 5.79. The maximum atomic E-state index is 12.0. The average Bonchev–Trinajstić information content (AvgIpc) is 3.22. The van der Waals surface area contributed by atoms with E-state index in [1.54, 1.807) is 0 Å². The smallest absolute Gasteiger partial charge is 0.162 e. The van der Waals surface area contributed by atoms with E-state index in [0.29, 0.717) is 6.42 Å². The standard InChI is InChI=1S/C21H22O2/c1-2-15-7-9-16(10-8-15)5-3-4-6-17-13-18-19(22)11-12-21(18)20(14-17)23-21/h4,6-10,13-14,20H,2-3,5,11-12H2,1H3/b6-4+. The second kappa shape index (κ2) is 5.61. The Morgan fingerprint density at radius 2 is 2.04 bits per heavy atom. The van der Waals surface area contributed by atoms with Crippen molar-refractivity contribution in [1.29, 1.82) is 0 Å². The van der Waals surface area contributed by atoms with Gasteiger partial charge in [0, 0.05) is 12.0 Å². The Bertz CT molecular complexity index is 721. The summed E-state index contributed by atoms with van der Waals surface area (Å²) in [5.74, 6) is 0.266. The third-order valence-corrected chi connectivity index (χ3v) is 5.22. The first-order valence-corrected chi connectivity index (χ1v) is 8.60. The van der Waals surface area contributed by atoms with Gasteiger partial charge in [0.05, 0.1) is 0 Å². The lowest BCUT2D eigenvalue weighted by molar-refractivity contribution is -0.114. The molecule has 1 spiro atoms. The van der Waals surface area contributed by atoms with E-state index in [1.807, 2.05) is 6.08 Å². The van der Waals surface area contributed by atoms with Crippen LogP contribution in [0.15, 0.2) is 59.7 Å². The van der Waals surface area contributed by atoms with Crippen molar-refractivity contribution < 1.29 is 9.53 Å². The van der Waals surface area contributed by atoms with Crippen LogP contribution in [0.3, 0.4) is 0 Å². The average molecular weight is 306 g/mol. The summed E-state index contributed by atoms with van der Waals surface area (Å²) in [6, 6.07) is 8.86. The highest BCUT2D eigenvalue weighted by Crippen LogP contribution is 2.55. The van der Waals surface area contributed by atoms with Crippen LogP contribution in [-0.2, 0) is 22.4 Å². The van der Waals surface area contributed by atoms with Crippen molar-refractivity contribution in [3.05, 3.63) is 70.8 Å². The van der Waals surface area contributed by atoms with Gasteiger partial charge in [-0.1, -0.05) is 43.3 Å². The van der Waals surface area contributed by atoms with Crippen LogP contribution in [0, 0.1) is 0 Å². The molecule has 0 radical (unpaired) electrons. The van der Waals surface area contributed by atoms with E-state index in [-0.39, 0.29) is 17.5 Å². The van der Waals surface area contributed by atoms with Crippen molar-refractivity contribution >= 4 is 5.78 Å². The number of epoxide rings is 1. The van der Waals surface area contributed by atoms with Crippen molar-refractivity contribution in [2.24, 2.45) is 0 Å². The summed E-state index contributed by atoms with van der Waals surface area (Å²) in [7, 11) is 0. The summed E-state index contributed by atoms with van der Waals surface area (Å²) >= 11 is 0. The van der Waals surface area contributed by atoms with Gasteiger partial charge in [-0.05, 0) is 54.5 Å². The molecule has 4 rings (SSSR count). The molecular weight excluding hydrogens is 284 g/mol. The van der Waals surface area contributed by atoms with Crippen LogP contribution in [0.1, 0.15) is 37.3 Å². The van der Waals surface area contributed by atoms with Crippen molar-refractivity contribution in [1.82, 2.24) is 0 Å². The monoisotopic (exact) mass is 306 g/mol. The van der Waals surface area contributed by atoms with E-state index in [4.69, 9.17) is 4.74 Å². The summed E-state index contributed by atoms with van der Waals surface area (Å²) in [5, 5.41) is 0. The van der Waals surface area contributed by atoms with Crippen molar-refractivity contribution in [2.75, 3.05) is 0 Å². The van der Waals surface area contributed by atoms with Crippen LogP contribution >= 0.6 is 0 Å². The molecule has 2 nitrogen and oxygen atoms in total. The minimum atomic E-state index is -0.227. The van der Waals surface area contributed by atoms with Gasteiger partial charge in [-0.2, -0.15) is 0 Å². The number of hydrogen-bond donors (Lipinski definition) is 0. The van der Waals surface area contributed by atoms with Gasteiger partial charge in [0.15, 0.2) is 5.78 Å². The predicted octanol–water partition coefficient (Wildman–Crippen LogP) is 4.10. The van der Waals surface area contributed by atoms with E-state index >= 15 is 0 Å². The quantitative estimate of drug-likeness (QED) is 0.766. The minimum absolute atomic E-state index is 0.134. The molecule has 2 heteroatoms. The Balaban J connectivity index is 1.36. The molecule has 2 aliphatic carbocycles. The largest absolute Gasteiger partial charge is 0.356 e. The molecule has 23 heavy (non-hydrogen) atoms. The Morgan fingerprint density at radius 3 is 2.83 bits per heavy atom. The van der Waals surface area contributed by atoms with Crippen LogP contribution in [-0.4, -0.2) is 17.5 Å². The summed E-state index contributed by atoms with van der Waals surface area (Å²) in [4.78, 5) is 12.0. The first-order valence-electron chi connectivity index (χ1n) is 8.60. The summed E-state index contributed by atoms with van der Waals surface area (Å²) in [6.07, 6.45) is 13.3. The molecule has 3 aliphatic rings. The zero-order chi connectivity index (χ0) is 15.9. The lowest BCUT2D eigenvalue weighted by Gasteiger charge is -2.09. The van der Waals surface area contributed by atoms with Gasteiger partial charge >= 0.3 is 0 Å². The van der Waals surface area contributed by atoms with Gasteiger partial charge in [-0.25, -0.2) is 0 Å². The second-order valence-electron chi connectivity index (χ2n) is 6.69. The molecule has 1 saturated carbocycles. The molecule has 1 saturated heterocycles. The molecule has 2 atom stereocenters. The van der Waals surface area contributed by atoms with Gasteiger partial charge < -0.3 is 4.74 Å². The molecule has 2 unspecified atom stereocenters. The fourth-order valence-electron chi connectivity index (χ4n) is 3.69. The van der Waals surface area contributed by atoms with E-state index < -0.39 is 0 Å². The molecule has 0 N–H and O–H groups in total. The second-order valence-corrected chi connectivity index (χ2v) is 6.69. The third-order valence-electron chi connectivity index (χ3n) is 5.22. The molecule has 0 aromatic heterocycles. The maximum absolute atomic E-state index is 12.0. The Hall–Kier alpha value is -1.93. The van der Waals surface area contributed by atoms with Crippen molar-refractivity contribution in [3.8, 4) is 0 Å². The molecule has 118 valence electrons. The van der Waals surface area contributed by atoms with Gasteiger partial charge in [-0.15, -0.1) is 0 Å². The van der Waals surface area contributed by atoms with Crippen LogP contribution in [0.4, 0.5) is 0 Å². The lowest BCUT2D eigenvalue weighted by atomic mass is 9.90. The number of ketones is 1. The Kier molecular flexibility index (Phi) is 3.57. The highest BCUT2D eigenvalue weighted by atomic mass is 16.6. The normalized spacial score (nSPS) is 28.4. The zero-order valence-corrected chi connectivity index (χ0v) is 13.5. The van der Waals surface area contributed by atoms with Crippen LogP contribution in [0.25, 0.3) is 0 Å². The fraction of sp³-hybridized carbons (Fsp3) is 0.381. The molecule has 0 bridgehead atoms. The highest BCUT2D eigenvalue weighted by molar-refractivity contribution is 6.02. The number of aryl methyl sites for hydroxylation is 2. The first-order chi connectivity index (χ1) is 11.2. The number of Topliss-reactive ketones (excluding diaryl/α,β-unsaturated/α-hetero) is 1. The van der Waals surface area contributed by atoms with E-state index in [2.05, 4.69) is 49.4 Å². The van der Waals surface area contributed by atoms with Gasteiger partial charge in [0.25, 0.3) is 0 Å². The van der Waals surface area contributed by atoms with Crippen LogP contribution in [0.5, 0.6) is 0 Å². The van der Waals surface area contributed by atoms with Gasteiger partial charge in [-0.3, -0.25) is 4.79 Å². The summed E-state index contributed by atoms with van der Waals surface area (Å²) in [5.41, 5.74) is 4.56. The van der Waals surface area contributed by atoms with Crippen molar-refractivity contribution in [2.45, 2.75) is 50.7 Å². The fourth-order valence-corrected chi connectivity index (χ4v) is 3.69. The van der Waals surface area contributed by atoms with Gasteiger partial charge in [0.1, 0.15) is 11.7 Å². The highest BCUT2D eigenvalue weighted by Gasteiger charge is 2.63. The molecular formula is C21H22O2. The maximum Gasteiger partial charge on any atom is 0.162 e. The topological polar surface area (TPSA) is 29.6 Å². The van der Waals surface area contributed by atoms with E-state index in [0.717, 1.165) is 36.8 Å². The molecule has 1 aliphatic heterocycles. The van der Waals surface area contributed by atoms with Crippen LogP contribution < -0.4 is 0 Å². The number of ether oxygens (including phenoxy) is 1. The van der Waals surface area contributed by atoms with Crippen LogP contribution in [0.2, 0.25) is 0 Å². The minimum Gasteiger partial charge on any atom is -0.356 e. The Labute approximate surface area is 137 Å². The van der Waals surface area contributed by atoms with Gasteiger partial charge in [0.2, 0.25) is 0 Å². The number of carbonyl (C=O) groups is 1. The number of hydrogen-bond acceptors (Lipinski definition) is 2. The lowest BCUT2D eigenvalue weighted by Crippen LogP contribution is -2.16. The number of rotatable bonds is 5. The molecule has 1 aromatic rings. The number of carbonyl (C=O) groups excluding carboxylic acids is 1. The van der Waals surface area contributed by atoms with E-state index in [1.165, 1.54) is 11.1 Å². The molecule has 1 aromatic carbocycles. The SMILES string of the molecule is CCc1ccc(CC/C=C/C2=CC3OC34CCC(=O)C4=C2)cc1. The zero-order valence-electron chi connectivity index (χ0n) is 13.5. The summed E-state index contributed by atoms with van der Waals surface area (Å²) in [6.45, 7) is 2.18. The molecule has 1 heterocycles. The molecule has 2 fully saturated rings. The van der Waals surface area contributed by atoms with E-state index in [9.17, 15) is 4.79 Å². The van der Waals surface area contributed by atoms with Crippen molar-refractivity contribution in [3.63, 3.8) is 0 Å². The Morgan fingerprint density at radius 1 is 1.26 bits per heavy atom. The third kappa shape index (κ3) is 2.61. The number of benzene rings is 1.